The molecule has 0 saturated carbocycles. The van der Waals surface area contributed by atoms with E-state index in [1.807, 2.05) is 13.8 Å². The number of rotatable bonds is 7. The summed E-state index contributed by atoms with van der Waals surface area (Å²) < 4.78 is 27.2. The zero-order valence-corrected chi connectivity index (χ0v) is 15.0. The van der Waals surface area contributed by atoms with Crippen LogP contribution in [0.3, 0.4) is 0 Å². The van der Waals surface area contributed by atoms with Gasteiger partial charge < -0.3 is 5.32 Å². The van der Waals surface area contributed by atoms with Crippen LogP contribution in [0.2, 0.25) is 10.0 Å². The van der Waals surface area contributed by atoms with Gasteiger partial charge in [0.1, 0.15) is 0 Å². The number of benzene rings is 1. The minimum absolute atomic E-state index is 0.241. The van der Waals surface area contributed by atoms with Crippen LogP contribution in [0, 0.1) is 0 Å². The molecule has 0 fully saturated rings. The van der Waals surface area contributed by atoms with Crippen molar-refractivity contribution in [3.05, 3.63) is 33.8 Å². The third kappa shape index (κ3) is 5.75. The Bertz CT molecular complexity index is 576. The van der Waals surface area contributed by atoms with E-state index in [1.165, 1.54) is 0 Å². The quantitative estimate of drug-likeness (QED) is 0.790. The average molecular weight is 353 g/mol. The van der Waals surface area contributed by atoms with Crippen molar-refractivity contribution < 1.29 is 8.42 Å². The molecular weight excluding hydrogens is 331 g/mol. The van der Waals surface area contributed by atoms with Crippen LogP contribution in [0.4, 0.5) is 0 Å². The molecule has 2 unspecified atom stereocenters. The summed E-state index contributed by atoms with van der Waals surface area (Å²) in [5.74, 6) is 0. The first-order valence-corrected chi connectivity index (χ1v) is 9.13. The molecule has 120 valence electrons. The van der Waals surface area contributed by atoms with Crippen LogP contribution in [0.15, 0.2) is 18.2 Å². The number of hydrogen-bond acceptors (Lipinski definition) is 3. The fourth-order valence-corrected chi connectivity index (χ4v) is 3.53. The van der Waals surface area contributed by atoms with Crippen LogP contribution in [0.25, 0.3) is 0 Å². The first kappa shape index (κ1) is 18.7. The highest BCUT2D eigenvalue weighted by atomic mass is 35.5. The standard InChI is InChI=1S/C14H22Cl2N2O2S/c1-9(2)17-8-10(3)21(19,20)18-11(4)13-6-5-12(15)7-14(13)16/h5-7,9-11,17-18H,8H2,1-4H3. The molecule has 4 nitrogen and oxygen atoms in total. The first-order chi connectivity index (χ1) is 9.63. The van der Waals surface area contributed by atoms with Crippen LogP contribution in [-0.2, 0) is 10.0 Å². The van der Waals surface area contributed by atoms with Crippen LogP contribution in [0.5, 0.6) is 0 Å². The SMILES string of the molecule is CC(C)NCC(C)S(=O)(=O)NC(C)c1ccc(Cl)cc1Cl. The van der Waals surface area contributed by atoms with E-state index in [-0.39, 0.29) is 6.04 Å². The van der Waals surface area contributed by atoms with Gasteiger partial charge in [0.2, 0.25) is 10.0 Å². The van der Waals surface area contributed by atoms with Gasteiger partial charge in [-0.3, -0.25) is 0 Å². The Balaban J connectivity index is 2.78. The van der Waals surface area contributed by atoms with Crippen LogP contribution in [0.1, 0.15) is 39.3 Å². The van der Waals surface area contributed by atoms with Crippen molar-refractivity contribution in [2.75, 3.05) is 6.54 Å². The van der Waals surface area contributed by atoms with Gasteiger partial charge in [-0.25, -0.2) is 13.1 Å². The number of nitrogens with one attached hydrogen (secondary N) is 2. The van der Waals surface area contributed by atoms with Crippen molar-refractivity contribution in [3.8, 4) is 0 Å². The maximum atomic E-state index is 12.3. The number of halogens is 2. The summed E-state index contributed by atoms with van der Waals surface area (Å²) in [6.07, 6.45) is 0. The van der Waals surface area contributed by atoms with Gasteiger partial charge in [-0.05, 0) is 31.5 Å². The Morgan fingerprint density at radius 1 is 1.14 bits per heavy atom. The topological polar surface area (TPSA) is 58.2 Å². The molecule has 0 amide bonds. The Morgan fingerprint density at radius 3 is 2.29 bits per heavy atom. The lowest BCUT2D eigenvalue weighted by molar-refractivity contribution is 0.531. The van der Waals surface area contributed by atoms with Crippen molar-refractivity contribution in [1.29, 1.82) is 0 Å². The third-order valence-corrected chi connectivity index (χ3v) is 5.58. The highest BCUT2D eigenvalue weighted by Gasteiger charge is 2.24. The Kier molecular flexibility index (Phi) is 6.94. The van der Waals surface area contributed by atoms with Gasteiger partial charge in [0.15, 0.2) is 0 Å². The summed E-state index contributed by atoms with van der Waals surface area (Å²) in [6.45, 7) is 7.78. The predicted octanol–water partition coefficient (Wildman–Crippen LogP) is 3.36. The summed E-state index contributed by atoms with van der Waals surface area (Å²) in [5, 5.41) is 3.56. The number of sulfonamides is 1. The van der Waals surface area contributed by atoms with Crippen LogP contribution in [-0.4, -0.2) is 26.3 Å². The molecule has 0 aromatic heterocycles. The molecule has 0 bridgehead atoms. The van der Waals surface area contributed by atoms with Crippen molar-refractivity contribution in [3.63, 3.8) is 0 Å². The molecule has 2 N–H and O–H groups in total. The number of hydrogen-bond donors (Lipinski definition) is 2. The molecule has 0 aliphatic rings. The van der Waals surface area contributed by atoms with Crippen molar-refractivity contribution in [2.24, 2.45) is 0 Å². The highest BCUT2D eigenvalue weighted by molar-refractivity contribution is 7.90. The average Bonchev–Trinajstić information content (AvgIpc) is 2.34. The van der Waals surface area contributed by atoms with Crippen molar-refractivity contribution >= 4 is 33.2 Å². The highest BCUT2D eigenvalue weighted by Crippen LogP contribution is 2.26. The molecule has 1 aromatic rings. The Morgan fingerprint density at radius 2 is 1.76 bits per heavy atom. The van der Waals surface area contributed by atoms with E-state index in [2.05, 4.69) is 10.0 Å². The molecule has 21 heavy (non-hydrogen) atoms. The van der Waals surface area contributed by atoms with E-state index in [0.717, 1.165) is 0 Å². The Labute approximate surface area is 137 Å². The maximum absolute atomic E-state index is 12.3. The first-order valence-electron chi connectivity index (χ1n) is 6.83. The van der Waals surface area contributed by atoms with Crippen LogP contribution < -0.4 is 10.0 Å². The van der Waals surface area contributed by atoms with Crippen LogP contribution >= 0.6 is 23.2 Å². The van der Waals surface area contributed by atoms with E-state index in [0.29, 0.717) is 22.2 Å². The maximum Gasteiger partial charge on any atom is 0.216 e. The van der Waals surface area contributed by atoms with Gasteiger partial charge in [0.05, 0.1) is 5.25 Å². The molecule has 0 aliphatic heterocycles. The van der Waals surface area contributed by atoms with Gasteiger partial charge >= 0.3 is 0 Å². The zero-order chi connectivity index (χ0) is 16.2. The molecule has 0 aliphatic carbocycles. The predicted molar refractivity (Wildman–Crippen MR) is 89.5 cm³/mol. The van der Waals surface area contributed by atoms with Crippen molar-refractivity contribution in [2.45, 2.75) is 45.0 Å². The lowest BCUT2D eigenvalue weighted by Gasteiger charge is -2.20. The van der Waals surface area contributed by atoms with Gasteiger partial charge in [0, 0.05) is 28.7 Å². The summed E-state index contributed by atoms with van der Waals surface area (Å²) in [6, 6.07) is 4.85. The molecule has 7 heteroatoms. The normalized spacial score (nSPS) is 15.2. The third-order valence-electron chi connectivity index (χ3n) is 3.11. The smallest absolute Gasteiger partial charge is 0.216 e. The molecule has 2 atom stereocenters. The summed E-state index contributed by atoms with van der Waals surface area (Å²) >= 11 is 11.9. The molecule has 1 aromatic carbocycles. The molecule has 0 heterocycles. The Hall–Kier alpha value is -0.330. The molecule has 0 radical (unpaired) electrons. The fraction of sp³-hybridized carbons (Fsp3) is 0.571. The summed E-state index contributed by atoms with van der Waals surface area (Å²) in [4.78, 5) is 0. The minimum atomic E-state index is -3.43. The van der Waals surface area contributed by atoms with E-state index < -0.39 is 21.3 Å². The largest absolute Gasteiger partial charge is 0.313 e. The van der Waals surface area contributed by atoms with Gasteiger partial charge in [0.25, 0.3) is 0 Å². The van der Waals surface area contributed by atoms with Gasteiger partial charge in [-0.15, -0.1) is 0 Å². The zero-order valence-electron chi connectivity index (χ0n) is 12.7. The molecule has 0 spiro atoms. The second-order valence-corrected chi connectivity index (χ2v) is 8.40. The fourth-order valence-electron chi connectivity index (χ4n) is 1.79. The minimum Gasteiger partial charge on any atom is -0.313 e. The molecule has 0 saturated heterocycles. The second-order valence-electron chi connectivity index (χ2n) is 5.42. The van der Waals surface area contributed by atoms with Gasteiger partial charge in [-0.1, -0.05) is 43.1 Å². The second kappa shape index (κ2) is 7.79. The molecule has 1 rings (SSSR count). The summed E-state index contributed by atoms with van der Waals surface area (Å²) in [5.41, 5.74) is 0.702. The van der Waals surface area contributed by atoms with Crippen molar-refractivity contribution in [1.82, 2.24) is 10.0 Å². The monoisotopic (exact) mass is 352 g/mol. The van der Waals surface area contributed by atoms with Gasteiger partial charge in [-0.2, -0.15) is 0 Å². The van der Waals surface area contributed by atoms with E-state index in [4.69, 9.17) is 23.2 Å². The van der Waals surface area contributed by atoms with E-state index in [1.54, 1.807) is 32.0 Å². The summed E-state index contributed by atoms with van der Waals surface area (Å²) in [7, 11) is -3.43. The molecular formula is C14H22Cl2N2O2S. The lowest BCUT2D eigenvalue weighted by Crippen LogP contribution is -2.41. The van der Waals surface area contributed by atoms with E-state index in [9.17, 15) is 8.42 Å². The van der Waals surface area contributed by atoms with E-state index >= 15 is 0 Å². The lowest BCUT2D eigenvalue weighted by atomic mass is 10.1.